The van der Waals surface area contributed by atoms with E-state index in [4.69, 9.17) is 0 Å². The van der Waals surface area contributed by atoms with Gasteiger partial charge in [-0.3, -0.25) is 4.79 Å². The zero-order chi connectivity index (χ0) is 14.7. The molecule has 3 rings (SSSR count). The first-order valence-corrected chi connectivity index (χ1v) is 7.99. The van der Waals surface area contributed by atoms with Gasteiger partial charge in [0.2, 0.25) is 5.91 Å². The summed E-state index contributed by atoms with van der Waals surface area (Å²) in [7, 11) is 2.16. The normalized spacial score (nSPS) is 26.1. The Hall–Kier alpha value is -1.39. The summed E-state index contributed by atoms with van der Waals surface area (Å²) in [5.41, 5.74) is 2.62. The number of piperidine rings is 1. The monoisotopic (exact) mass is 287 g/mol. The molecular weight excluding hydrogens is 262 g/mol. The van der Waals surface area contributed by atoms with Crippen LogP contribution in [0, 0.1) is 5.92 Å². The minimum atomic E-state index is -0.0822. The summed E-state index contributed by atoms with van der Waals surface area (Å²) in [5, 5.41) is 6.49. The minimum absolute atomic E-state index is 0.0822. The van der Waals surface area contributed by atoms with Crippen molar-refractivity contribution in [3.63, 3.8) is 0 Å². The summed E-state index contributed by atoms with van der Waals surface area (Å²) in [4.78, 5) is 14.7. The summed E-state index contributed by atoms with van der Waals surface area (Å²) < 4.78 is 0. The first-order valence-electron chi connectivity index (χ1n) is 7.99. The van der Waals surface area contributed by atoms with Crippen LogP contribution in [0.15, 0.2) is 24.3 Å². The van der Waals surface area contributed by atoms with Crippen LogP contribution in [-0.4, -0.2) is 43.5 Å². The molecular formula is C17H25N3O. The van der Waals surface area contributed by atoms with E-state index in [-0.39, 0.29) is 11.9 Å². The lowest BCUT2D eigenvalue weighted by Gasteiger charge is -2.31. The Morgan fingerprint density at radius 3 is 3.00 bits per heavy atom. The van der Waals surface area contributed by atoms with Crippen molar-refractivity contribution < 1.29 is 4.79 Å². The standard InChI is InChI=1S/C17H25N3O/c1-20-8-4-5-13(12-20)10-19-17(21)16-9-14-6-2-3-7-15(14)11-18-16/h2-3,6-7,13,16,18H,4-5,8-12H2,1H3,(H,19,21). The molecule has 0 saturated carbocycles. The minimum Gasteiger partial charge on any atom is -0.354 e. The lowest BCUT2D eigenvalue weighted by molar-refractivity contribution is -0.123. The number of amides is 1. The second kappa shape index (κ2) is 6.58. The molecule has 1 aromatic rings. The van der Waals surface area contributed by atoms with Crippen molar-refractivity contribution in [3.8, 4) is 0 Å². The maximum Gasteiger partial charge on any atom is 0.237 e. The first kappa shape index (κ1) is 14.5. The van der Waals surface area contributed by atoms with E-state index in [0.29, 0.717) is 5.92 Å². The molecule has 1 amide bonds. The molecule has 1 fully saturated rings. The molecule has 21 heavy (non-hydrogen) atoms. The number of likely N-dealkylation sites (tertiary alicyclic amines) is 1. The smallest absolute Gasteiger partial charge is 0.237 e. The van der Waals surface area contributed by atoms with E-state index < -0.39 is 0 Å². The van der Waals surface area contributed by atoms with Gasteiger partial charge in [-0.25, -0.2) is 0 Å². The average molecular weight is 287 g/mol. The Bertz CT molecular complexity index is 503. The fraction of sp³-hybridized carbons (Fsp3) is 0.588. The molecule has 0 aromatic heterocycles. The second-order valence-corrected chi connectivity index (χ2v) is 6.42. The summed E-state index contributed by atoms with van der Waals surface area (Å²) in [5.74, 6) is 0.751. The fourth-order valence-corrected chi connectivity index (χ4v) is 3.45. The maximum absolute atomic E-state index is 12.3. The third-order valence-corrected chi connectivity index (χ3v) is 4.68. The largest absolute Gasteiger partial charge is 0.354 e. The Morgan fingerprint density at radius 2 is 2.19 bits per heavy atom. The Morgan fingerprint density at radius 1 is 1.38 bits per heavy atom. The number of carbonyl (C=O) groups excluding carboxylic acids is 1. The first-order chi connectivity index (χ1) is 10.2. The van der Waals surface area contributed by atoms with Crippen LogP contribution in [0.5, 0.6) is 0 Å². The summed E-state index contributed by atoms with van der Waals surface area (Å²) in [6.45, 7) is 3.88. The molecule has 2 heterocycles. The highest BCUT2D eigenvalue weighted by molar-refractivity contribution is 5.82. The number of nitrogens with one attached hydrogen (secondary N) is 2. The van der Waals surface area contributed by atoms with E-state index >= 15 is 0 Å². The SMILES string of the molecule is CN1CCCC(CNC(=O)C2Cc3ccccc3CN2)C1. The number of hydrogen-bond donors (Lipinski definition) is 2. The Balaban J connectivity index is 1.50. The van der Waals surface area contributed by atoms with E-state index in [1.807, 2.05) is 0 Å². The predicted molar refractivity (Wildman–Crippen MR) is 84.0 cm³/mol. The Labute approximate surface area is 126 Å². The summed E-state index contributed by atoms with van der Waals surface area (Å²) in [6, 6.07) is 8.29. The molecule has 1 saturated heterocycles. The van der Waals surface area contributed by atoms with Gasteiger partial charge in [0, 0.05) is 19.6 Å². The fourth-order valence-electron chi connectivity index (χ4n) is 3.45. The molecule has 0 aliphatic carbocycles. The predicted octanol–water partition coefficient (Wildman–Crippen LogP) is 1.16. The molecule has 4 heteroatoms. The van der Waals surface area contributed by atoms with Crippen molar-refractivity contribution in [3.05, 3.63) is 35.4 Å². The number of rotatable bonds is 3. The zero-order valence-corrected chi connectivity index (χ0v) is 12.8. The van der Waals surface area contributed by atoms with Crippen LogP contribution < -0.4 is 10.6 Å². The van der Waals surface area contributed by atoms with Gasteiger partial charge in [-0.1, -0.05) is 24.3 Å². The van der Waals surface area contributed by atoms with Crippen LogP contribution in [-0.2, 0) is 17.8 Å². The highest BCUT2D eigenvalue weighted by atomic mass is 16.2. The molecule has 2 unspecified atom stereocenters. The molecule has 2 aliphatic rings. The topological polar surface area (TPSA) is 44.4 Å². The quantitative estimate of drug-likeness (QED) is 0.877. The van der Waals surface area contributed by atoms with Crippen LogP contribution in [0.4, 0.5) is 0 Å². The highest BCUT2D eigenvalue weighted by Gasteiger charge is 2.25. The number of fused-ring (bicyclic) bond motifs is 1. The van der Waals surface area contributed by atoms with Crippen LogP contribution in [0.2, 0.25) is 0 Å². The van der Waals surface area contributed by atoms with Gasteiger partial charge in [-0.2, -0.15) is 0 Å². The second-order valence-electron chi connectivity index (χ2n) is 6.42. The Kier molecular flexibility index (Phi) is 4.56. The van der Waals surface area contributed by atoms with E-state index in [2.05, 4.69) is 46.8 Å². The number of nitrogens with zero attached hydrogens (tertiary/aromatic N) is 1. The van der Waals surface area contributed by atoms with Crippen LogP contribution in [0.3, 0.4) is 0 Å². The maximum atomic E-state index is 12.3. The van der Waals surface area contributed by atoms with Crippen LogP contribution in [0.25, 0.3) is 0 Å². The number of hydrogen-bond acceptors (Lipinski definition) is 3. The molecule has 4 nitrogen and oxygen atoms in total. The van der Waals surface area contributed by atoms with Gasteiger partial charge < -0.3 is 15.5 Å². The van der Waals surface area contributed by atoms with Crippen molar-refractivity contribution in [2.45, 2.75) is 31.8 Å². The lowest BCUT2D eigenvalue weighted by Crippen LogP contribution is -2.49. The zero-order valence-electron chi connectivity index (χ0n) is 12.8. The molecule has 0 spiro atoms. The molecule has 1 aromatic carbocycles. The van der Waals surface area contributed by atoms with Crippen molar-refractivity contribution in [1.82, 2.24) is 15.5 Å². The molecule has 0 radical (unpaired) electrons. The van der Waals surface area contributed by atoms with E-state index in [1.165, 1.54) is 30.5 Å². The third-order valence-electron chi connectivity index (χ3n) is 4.68. The van der Waals surface area contributed by atoms with Gasteiger partial charge in [0.05, 0.1) is 6.04 Å². The summed E-state index contributed by atoms with van der Waals surface area (Å²) >= 11 is 0. The van der Waals surface area contributed by atoms with Gasteiger partial charge >= 0.3 is 0 Å². The van der Waals surface area contributed by atoms with Crippen molar-refractivity contribution in [1.29, 1.82) is 0 Å². The van der Waals surface area contributed by atoms with E-state index in [0.717, 1.165) is 26.1 Å². The van der Waals surface area contributed by atoms with Gasteiger partial charge in [0.1, 0.15) is 0 Å². The van der Waals surface area contributed by atoms with E-state index in [1.54, 1.807) is 0 Å². The van der Waals surface area contributed by atoms with Crippen LogP contribution >= 0.6 is 0 Å². The van der Waals surface area contributed by atoms with Crippen molar-refractivity contribution in [2.75, 3.05) is 26.7 Å². The lowest BCUT2D eigenvalue weighted by atomic mass is 9.95. The average Bonchev–Trinajstić information content (AvgIpc) is 2.52. The number of carbonyl (C=O) groups is 1. The van der Waals surface area contributed by atoms with Crippen molar-refractivity contribution in [2.24, 2.45) is 5.92 Å². The molecule has 114 valence electrons. The van der Waals surface area contributed by atoms with Gasteiger partial charge in [-0.15, -0.1) is 0 Å². The molecule has 0 bridgehead atoms. The van der Waals surface area contributed by atoms with Gasteiger partial charge in [0.15, 0.2) is 0 Å². The van der Waals surface area contributed by atoms with E-state index in [9.17, 15) is 4.79 Å². The molecule has 2 atom stereocenters. The van der Waals surface area contributed by atoms with Crippen molar-refractivity contribution >= 4 is 5.91 Å². The molecule has 2 N–H and O–H groups in total. The molecule has 2 aliphatic heterocycles. The van der Waals surface area contributed by atoms with Crippen LogP contribution in [0.1, 0.15) is 24.0 Å². The third kappa shape index (κ3) is 3.63. The summed E-state index contributed by atoms with van der Waals surface area (Å²) in [6.07, 6.45) is 3.27. The van der Waals surface area contributed by atoms with Gasteiger partial charge in [0.25, 0.3) is 0 Å². The highest BCUT2D eigenvalue weighted by Crippen LogP contribution is 2.17. The van der Waals surface area contributed by atoms with Gasteiger partial charge in [-0.05, 0) is 49.9 Å². The number of benzene rings is 1.